The van der Waals surface area contributed by atoms with Crippen LogP contribution in [0.5, 0.6) is 0 Å². The Morgan fingerprint density at radius 2 is 2.11 bits per heavy atom. The third-order valence-electron chi connectivity index (χ3n) is 3.48. The number of likely N-dealkylation sites (tertiary alicyclic amines) is 1. The summed E-state index contributed by atoms with van der Waals surface area (Å²) in [4.78, 5) is 15.7. The molecule has 0 bridgehead atoms. The van der Waals surface area contributed by atoms with Crippen molar-refractivity contribution in [2.75, 3.05) is 38.1 Å². The number of rotatable bonds is 5. The fraction of sp³-hybridized carbons (Fsp3) is 0.500. The summed E-state index contributed by atoms with van der Waals surface area (Å²) in [6, 6.07) is 5.77. The van der Waals surface area contributed by atoms with Crippen molar-refractivity contribution < 1.29 is 4.79 Å². The minimum absolute atomic E-state index is 0.752. The number of halogens is 1. The molecule has 2 rings (SSSR count). The SMILES string of the molecule is CN(CCN1CCCC1)c1cc(Br)ccc1C=O. The van der Waals surface area contributed by atoms with Crippen LogP contribution in [0.15, 0.2) is 22.7 Å². The summed E-state index contributed by atoms with van der Waals surface area (Å²) in [6.45, 7) is 4.46. The number of benzene rings is 1. The summed E-state index contributed by atoms with van der Waals surface area (Å²) in [6.07, 6.45) is 3.56. The molecule has 1 saturated heterocycles. The molecule has 18 heavy (non-hydrogen) atoms. The summed E-state index contributed by atoms with van der Waals surface area (Å²) in [5, 5.41) is 0. The van der Waals surface area contributed by atoms with Gasteiger partial charge in [-0.1, -0.05) is 15.9 Å². The maximum Gasteiger partial charge on any atom is 0.152 e. The minimum Gasteiger partial charge on any atom is -0.373 e. The molecular weight excluding hydrogens is 292 g/mol. The van der Waals surface area contributed by atoms with Gasteiger partial charge < -0.3 is 9.80 Å². The highest BCUT2D eigenvalue weighted by Crippen LogP contribution is 2.23. The Balaban J connectivity index is 2.00. The van der Waals surface area contributed by atoms with Gasteiger partial charge in [0.25, 0.3) is 0 Å². The first-order chi connectivity index (χ1) is 8.70. The second-order valence-corrected chi connectivity index (χ2v) is 5.71. The lowest BCUT2D eigenvalue weighted by atomic mass is 10.2. The smallest absolute Gasteiger partial charge is 0.152 e. The van der Waals surface area contributed by atoms with Crippen LogP contribution in [0, 0.1) is 0 Å². The Labute approximate surface area is 117 Å². The topological polar surface area (TPSA) is 23.6 Å². The van der Waals surface area contributed by atoms with Gasteiger partial charge in [-0.25, -0.2) is 0 Å². The quantitative estimate of drug-likeness (QED) is 0.781. The molecule has 0 radical (unpaired) electrons. The van der Waals surface area contributed by atoms with Crippen molar-refractivity contribution in [2.24, 2.45) is 0 Å². The Morgan fingerprint density at radius 3 is 2.78 bits per heavy atom. The molecule has 3 nitrogen and oxygen atoms in total. The van der Waals surface area contributed by atoms with E-state index in [0.717, 1.165) is 35.1 Å². The van der Waals surface area contributed by atoms with Crippen molar-refractivity contribution in [1.29, 1.82) is 0 Å². The van der Waals surface area contributed by atoms with Gasteiger partial charge in [0.05, 0.1) is 0 Å². The van der Waals surface area contributed by atoms with E-state index in [1.807, 2.05) is 25.2 Å². The molecule has 98 valence electrons. The van der Waals surface area contributed by atoms with Gasteiger partial charge in [-0.3, -0.25) is 4.79 Å². The van der Waals surface area contributed by atoms with Gasteiger partial charge in [-0.2, -0.15) is 0 Å². The van der Waals surface area contributed by atoms with E-state index in [1.165, 1.54) is 25.9 Å². The zero-order valence-corrected chi connectivity index (χ0v) is 12.3. The van der Waals surface area contributed by atoms with Crippen LogP contribution in [0.2, 0.25) is 0 Å². The maximum absolute atomic E-state index is 11.1. The largest absolute Gasteiger partial charge is 0.373 e. The van der Waals surface area contributed by atoms with E-state index in [9.17, 15) is 4.79 Å². The molecule has 1 aromatic rings. The van der Waals surface area contributed by atoms with Gasteiger partial charge in [-0.15, -0.1) is 0 Å². The van der Waals surface area contributed by atoms with Crippen LogP contribution >= 0.6 is 15.9 Å². The normalized spacial score (nSPS) is 15.9. The van der Waals surface area contributed by atoms with Crippen molar-refractivity contribution in [2.45, 2.75) is 12.8 Å². The number of likely N-dealkylation sites (N-methyl/N-ethyl adjacent to an activating group) is 1. The molecule has 0 aromatic heterocycles. The Kier molecular flexibility index (Phi) is 4.78. The molecule has 0 aliphatic carbocycles. The van der Waals surface area contributed by atoms with Crippen molar-refractivity contribution >= 4 is 27.9 Å². The number of hydrogen-bond acceptors (Lipinski definition) is 3. The first-order valence-corrected chi connectivity index (χ1v) is 7.18. The van der Waals surface area contributed by atoms with E-state index < -0.39 is 0 Å². The van der Waals surface area contributed by atoms with E-state index in [0.29, 0.717) is 0 Å². The molecule has 1 aliphatic heterocycles. The highest BCUT2D eigenvalue weighted by Gasteiger charge is 2.13. The summed E-state index contributed by atoms with van der Waals surface area (Å²) in [5.74, 6) is 0. The van der Waals surface area contributed by atoms with E-state index in [1.54, 1.807) is 0 Å². The number of aldehydes is 1. The summed E-state index contributed by atoms with van der Waals surface area (Å²) in [5.41, 5.74) is 1.75. The van der Waals surface area contributed by atoms with Gasteiger partial charge in [0.2, 0.25) is 0 Å². The molecule has 1 heterocycles. The maximum atomic E-state index is 11.1. The molecular formula is C14H19BrN2O. The number of hydrogen-bond donors (Lipinski definition) is 0. The average Bonchev–Trinajstić information content (AvgIpc) is 2.89. The molecule has 0 spiro atoms. The first kappa shape index (κ1) is 13.6. The highest BCUT2D eigenvalue weighted by atomic mass is 79.9. The molecule has 1 fully saturated rings. The van der Waals surface area contributed by atoms with Crippen molar-refractivity contribution in [1.82, 2.24) is 4.90 Å². The van der Waals surface area contributed by atoms with Gasteiger partial charge in [0.1, 0.15) is 0 Å². The number of carbonyl (C=O) groups is 1. The summed E-state index contributed by atoms with van der Waals surface area (Å²) >= 11 is 3.46. The van der Waals surface area contributed by atoms with Gasteiger partial charge in [-0.05, 0) is 44.1 Å². The first-order valence-electron chi connectivity index (χ1n) is 6.39. The Hall–Kier alpha value is -0.870. The fourth-order valence-corrected chi connectivity index (χ4v) is 2.71. The van der Waals surface area contributed by atoms with E-state index in [4.69, 9.17) is 0 Å². The van der Waals surface area contributed by atoms with E-state index >= 15 is 0 Å². The molecule has 1 aromatic carbocycles. The Bertz CT molecular complexity index is 416. The van der Waals surface area contributed by atoms with Gasteiger partial charge in [0, 0.05) is 35.9 Å². The van der Waals surface area contributed by atoms with E-state index in [-0.39, 0.29) is 0 Å². The third-order valence-corrected chi connectivity index (χ3v) is 3.97. The molecule has 0 unspecified atom stereocenters. The van der Waals surface area contributed by atoms with Crippen LogP contribution in [0.3, 0.4) is 0 Å². The van der Waals surface area contributed by atoms with Crippen molar-refractivity contribution in [3.8, 4) is 0 Å². The lowest BCUT2D eigenvalue weighted by Crippen LogP contribution is -2.31. The zero-order chi connectivity index (χ0) is 13.0. The van der Waals surface area contributed by atoms with Crippen molar-refractivity contribution in [3.05, 3.63) is 28.2 Å². The molecule has 0 N–H and O–H groups in total. The number of nitrogens with zero attached hydrogens (tertiary/aromatic N) is 2. The predicted molar refractivity (Wildman–Crippen MR) is 78.5 cm³/mol. The zero-order valence-electron chi connectivity index (χ0n) is 10.7. The highest BCUT2D eigenvalue weighted by molar-refractivity contribution is 9.10. The number of anilines is 1. The standard InChI is InChI=1S/C14H19BrN2O/c1-16(8-9-17-6-2-3-7-17)14-10-13(15)5-4-12(14)11-18/h4-5,10-11H,2-3,6-9H2,1H3. The van der Waals surface area contributed by atoms with Crippen LogP contribution in [0.1, 0.15) is 23.2 Å². The molecule has 1 aliphatic rings. The van der Waals surface area contributed by atoms with Gasteiger partial charge >= 0.3 is 0 Å². The van der Waals surface area contributed by atoms with Crippen LogP contribution in [-0.4, -0.2) is 44.4 Å². The van der Waals surface area contributed by atoms with Crippen LogP contribution < -0.4 is 4.90 Å². The molecule has 0 amide bonds. The summed E-state index contributed by atoms with van der Waals surface area (Å²) < 4.78 is 1.01. The fourth-order valence-electron chi connectivity index (χ4n) is 2.37. The Morgan fingerprint density at radius 1 is 1.39 bits per heavy atom. The average molecular weight is 311 g/mol. The van der Waals surface area contributed by atoms with Gasteiger partial charge in [0.15, 0.2) is 6.29 Å². The monoisotopic (exact) mass is 310 g/mol. The molecule has 0 saturated carbocycles. The second kappa shape index (κ2) is 6.34. The van der Waals surface area contributed by atoms with Crippen LogP contribution in [0.4, 0.5) is 5.69 Å². The molecule has 4 heteroatoms. The van der Waals surface area contributed by atoms with Crippen LogP contribution in [0.25, 0.3) is 0 Å². The summed E-state index contributed by atoms with van der Waals surface area (Å²) in [7, 11) is 2.05. The van der Waals surface area contributed by atoms with Crippen molar-refractivity contribution in [3.63, 3.8) is 0 Å². The third kappa shape index (κ3) is 3.33. The van der Waals surface area contributed by atoms with E-state index in [2.05, 4.69) is 25.7 Å². The molecule has 0 atom stereocenters. The lowest BCUT2D eigenvalue weighted by Gasteiger charge is -2.24. The number of carbonyl (C=O) groups excluding carboxylic acids is 1. The predicted octanol–water partition coefficient (Wildman–Crippen LogP) is 2.79. The minimum atomic E-state index is 0.752. The lowest BCUT2D eigenvalue weighted by molar-refractivity contribution is 0.112. The van der Waals surface area contributed by atoms with Crippen LogP contribution in [-0.2, 0) is 0 Å². The second-order valence-electron chi connectivity index (χ2n) is 4.79.